The van der Waals surface area contributed by atoms with E-state index >= 15 is 0 Å². The number of thiazole rings is 1. The van der Waals surface area contributed by atoms with Gasteiger partial charge in [0, 0.05) is 23.7 Å². The number of aliphatic hydroxyl groups is 1. The quantitative estimate of drug-likeness (QED) is 0.706. The topological polar surface area (TPSA) is 66.6 Å². The Bertz CT molecular complexity index is 1000. The molecule has 1 saturated heterocycles. The predicted molar refractivity (Wildman–Crippen MR) is 104 cm³/mol. The Balaban J connectivity index is 2.01. The van der Waals surface area contributed by atoms with Gasteiger partial charge in [0.05, 0.1) is 11.1 Å². The summed E-state index contributed by atoms with van der Waals surface area (Å²) in [5.41, 5.74) is -2.08. The third-order valence-electron chi connectivity index (χ3n) is 4.81. The fourth-order valence-corrected chi connectivity index (χ4v) is 4.19. The maximum absolute atomic E-state index is 14.1. The van der Waals surface area contributed by atoms with E-state index in [2.05, 4.69) is 10.3 Å². The van der Waals surface area contributed by atoms with Crippen molar-refractivity contribution in [2.45, 2.75) is 64.0 Å². The minimum absolute atomic E-state index is 0.0400. The molecule has 1 aliphatic heterocycles. The summed E-state index contributed by atoms with van der Waals surface area (Å²) in [5.74, 6) is -2.13. The molecule has 0 bridgehead atoms. The first kappa shape index (κ1) is 22.6. The minimum Gasteiger partial charge on any atom is -0.379 e. The first-order valence-corrected chi connectivity index (χ1v) is 10.3. The van der Waals surface area contributed by atoms with Crippen LogP contribution in [0.2, 0.25) is 0 Å². The van der Waals surface area contributed by atoms with E-state index in [0.717, 1.165) is 11.3 Å². The SMILES string of the molecule is CC(C)(C)c1cn(C[C@@H]2CC[C@H](O)N2)c(=NC(=O)c2cc(C(F)(F)F)ccc2F)s1. The zero-order valence-corrected chi connectivity index (χ0v) is 17.6. The monoisotopic (exact) mass is 445 g/mol. The highest BCUT2D eigenvalue weighted by Crippen LogP contribution is 2.30. The maximum atomic E-state index is 14.1. The molecule has 0 unspecified atom stereocenters. The van der Waals surface area contributed by atoms with Crippen LogP contribution in [0.1, 0.15) is 54.4 Å². The van der Waals surface area contributed by atoms with Crippen molar-refractivity contribution < 1.29 is 27.5 Å². The lowest BCUT2D eigenvalue weighted by atomic mass is 9.95. The van der Waals surface area contributed by atoms with Crippen LogP contribution in [0.15, 0.2) is 29.4 Å². The molecule has 2 aromatic rings. The summed E-state index contributed by atoms with van der Waals surface area (Å²) in [6, 6.07) is 1.66. The van der Waals surface area contributed by atoms with Gasteiger partial charge in [-0.05, 0) is 36.5 Å². The van der Waals surface area contributed by atoms with Crippen LogP contribution in [0.4, 0.5) is 17.6 Å². The van der Waals surface area contributed by atoms with Gasteiger partial charge in [0.15, 0.2) is 4.80 Å². The standard InChI is InChI=1S/C20H23F4N3O2S/c1-19(2,3)15-10-27(9-12-5-7-16(28)25-12)18(30-15)26-17(29)13-8-11(20(22,23)24)4-6-14(13)21/h4,6,8,10,12,16,25,28H,5,7,9H2,1-3H3/t12-,16-/m0/s1. The van der Waals surface area contributed by atoms with Crippen LogP contribution in [0.25, 0.3) is 0 Å². The smallest absolute Gasteiger partial charge is 0.379 e. The number of aliphatic hydroxyl groups excluding tert-OH is 1. The highest BCUT2D eigenvalue weighted by atomic mass is 32.1. The van der Waals surface area contributed by atoms with Crippen molar-refractivity contribution in [2.24, 2.45) is 4.99 Å². The van der Waals surface area contributed by atoms with Crippen molar-refractivity contribution >= 4 is 17.2 Å². The Morgan fingerprint density at radius 3 is 2.57 bits per heavy atom. The van der Waals surface area contributed by atoms with Crippen LogP contribution >= 0.6 is 11.3 Å². The Labute approximate surface area is 175 Å². The molecule has 2 atom stereocenters. The Kier molecular flexibility index (Phi) is 6.22. The second-order valence-corrected chi connectivity index (χ2v) is 9.36. The second kappa shape index (κ2) is 8.24. The van der Waals surface area contributed by atoms with E-state index in [9.17, 15) is 27.5 Å². The first-order chi connectivity index (χ1) is 13.8. The van der Waals surface area contributed by atoms with E-state index in [4.69, 9.17) is 0 Å². The van der Waals surface area contributed by atoms with Crippen LogP contribution in [-0.4, -0.2) is 27.9 Å². The Morgan fingerprint density at radius 2 is 2.00 bits per heavy atom. The lowest BCUT2D eigenvalue weighted by Gasteiger charge is -2.15. The molecule has 1 aromatic heterocycles. The summed E-state index contributed by atoms with van der Waals surface area (Å²) in [6.45, 7) is 6.37. The fourth-order valence-electron chi connectivity index (χ4n) is 3.14. The number of amides is 1. The van der Waals surface area contributed by atoms with Crippen molar-refractivity contribution in [2.75, 3.05) is 0 Å². The molecule has 0 saturated carbocycles. The summed E-state index contributed by atoms with van der Waals surface area (Å²) in [7, 11) is 0. The third-order valence-corrected chi connectivity index (χ3v) is 6.26. The molecule has 0 radical (unpaired) electrons. The highest BCUT2D eigenvalue weighted by molar-refractivity contribution is 7.09. The molecule has 1 amide bonds. The van der Waals surface area contributed by atoms with Crippen molar-refractivity contribution in [1.82, 2.24) is 9.88 Å². The van der Waals surface area contributed by atoms with E-state index in [1.807, 2.05) is 27.0 Å². The molecule has 0 aliphatic carbocycles. The van der Waals surface area contributed by atoms with E-state index in [1.165, 1.54) is 11.3 Å². The molecule has 2 N–H and O–H groups in total. The minimum atomic E-state index is -4.69. The number of aromatic nitrogens is 1. The van der Waals surface area contributed by atoms with Crippen LogP contribution < -0.4 is 10.1 Å². The van der Waals surface area contributed by atoms with E-state index in [0.29, 0.717) is 31.2 Å². The van der Waals surface area contributed by atoms with E-state index in [1.54, 1.807) is 4.57 Å². The maximum Gasteiger partial charge on any atom is 0.416 e. The van der Waals surface area contributed by atoms with Crippen molar-refractivity contribution in [1.29, 1.82) is 0 Å². The van der Waals surface area contributed by atoms with Gasteiger partial charge in [-0.2, -0.15) is 18.2 Å². The van der Waals surface area contributed by atoms with E-state index < -0.39 is 35.3 Å². The molecule has 2 heterocycles. The summed E-state index contributed by atoms with van der Waals surface area (Å²) in [5, 5.41) is 12.7. The lowest BCUT2D eigenvalue weighted by Crippen LogP contribution is -2.34. The number of alkyl halides is 3. The molecule has 1 aromatic carbocycles. The second-order valence-electron chi connectivity index (χ2n) is 8.35. The molecule has 164 valence electrons. The molecular weight excluding hydrogens is 422 g/mol. The van der Waals surface area contributed by atoms with Crippen LogP contribution in [-0.2, 0) is 18.1 Å². The van der Waals surface area contributed by atoms with Gasteiger partial charge < -0.3 is 9.67 Å². The number of benzene rings is 1. The van der Waals surface area contributed by atoms with Gasteiger partial charge in [-0.15, -0.1) is 11.3 Å². The predicted octanol–water partition coefficient (Wildman–Crippen LogP) is 3.82. The molecule has 1 fully saturated rings. The van der Waals surface area contributed by atoms with Crippen LogP contribution in [0, 0.1) is 5.82 Å². The summed E-state index contributed by atoms with van der Waals surface area (Å²) < 4.78 is 54.7. The van der Waals surface area contributed by atoms with E-state index in [-0.39, 0.29) is 16.3 Å². The molecule has 10 heteroatoms. The Hall–Kier alpha value is -2.04. The van der Waals surface area contributed by atoms with Gasteiger partial charge in [-0.25, -0.2) is 4.39 Å². The zero-order chi connectivity index (χ0) is 22.3. The van der Waals surface area contributed by atoms with Gasteiger partial charge in [-0.1, -0.05) is 20.8 Å². The molecule has 5 nitrogen and oxygen atoms in total. The summed E-state index contributed by atoms with van der Waals surface area (Å²) >= 11 is 1.23. The third kappa shape index (κ3) is 5.16. The average molecular weight is 445 g/mol. The fraction of sp³-hybridized carbons (Fsp3) is 0.500. The highest BCUT2D eigenvalue weighted by Gasteiger charge is 2.32. The molecule has 0 spiro atoms. The number of nitrogens with one attached hydrogen (secondary N) is 1. The first-order valence-electron chi connectivity index (χ1n) is 9.45. The largest absolute Gasteiger partial charge is 0.416 e. The number of hydrogen-bond donors (Lipinski definition) is 2. The van der Waals surface area contributed by atoms with Crippen molar-refractivity contribution in [3.05, 3.63) is 51.0 Å². The lowest BCUT2D eigenvalue weighted by molar-refractivity contribution is -0.137. The van der Waals surface area contributed by atoms with Gasteiger partial charge >= 0.3 is 6.18 Å². The number of carbonyl (C=O) groups excluding carboxylic acids is 1. The summed E-state index contributed by atoms with van der Waals surface area (Å²) in [6.07, 6.45) is -2.13. The van der Waals surface area contributed by atoms with Crippen molar-refractivity contribution in [3.63, 3.8) is 0 Å². The number of hydrogen-bond acceptors (Lipinski definition) is 4. The molecule has 3 rings (SSSR count). The number of carbonyl (C=O) groups is 1. The van der Waals surface area contributed by atoms with Gasteiger partial charge in [0.25, 0.3) is 5.91 Å². The summed E-state index contributed by atoms with van der Waals surface area (Å²) in [4.78, 5) is 17.7. The van der Waals surface area contributed by atoms with Gasteiger partial charge in [-0.3, -0.25) is 10.1 Å². The van der Waals surface area contributed by atoms with Crippen LogP contribution in [0.3, 0.4) is 0 Å². The van der Waals surface area contributed by atoms with Gasteiger partial charge in [0.1, 0.15) is 12.0 Å². The Morgan fingerprint density at radius 1 is 1.30 bits per heavy atom. The normalized spacial score (nSPS) is 20.7. The number of halogens is 4. The number of rotatable bonds is 3. The average Bonchev–Trinajstić information content (AvgIpc) is 3.20. The van der Waals surface area contributed by atoms with Crippen molar-refractivity contribution in [3.8, 4) is 0 Å². The zero-order valence-electron chi connectivity index (χ0n) is 16.8. The molecular formula is C20H23F4N3O2S. The molecule has 1 aliphatic rings. The number of nitrogens with zero attached hydrogens (tertiary/aromatic N) is 2. The van der Waals surface area contributed by atoms with Gasteiger partial charge in [0.2, 0.25) is 0 Å². The van der Waals surface area contributed by atoms with Crippen LogP contribution in [0.5, 0.6) is 0 Å². The molecule has 30 heavy (non-hydrogen) atoms.